The molecule has 0 bridgehead atoms. The van der Waals surface area contributed by atoms with Gasteiger partial charge >= 0.3 is 0 Å². The molecule has 0 fully saturated rings. The van der Waals surface area contributed by atoms with Crippen LogP contribution in [-0.2, 0) is 22.7 Å². The summed E-state index contributed by atoms with van der Waals surface area (Å²) in [5, 5.41) is 12.3. The molecule has 0 aliphatic heterocycles. The number of amides is 1. The van der Waals surface area contributed by atoms with Gasteiger partial charge in [-0.3, -0.25) is 9.59 Å². The lowest BCUT2D eigenvalue weighted by atomic mass is 9.95. The molecule has 0 radical (unpaired) electrons. The summed E-state index contributed by atoms with van der Waals surface area (Å²) < 4.78 is 24.4. The van der Waals surface area contributed by atoms with Gasteiger partial charge in [-0.2, -0.15) is 5.26 Å². The number of benzene rings is 1. The van der Waals surface area contributed by atoms with Crippen molar-refractivity contribution in [2.75, 3.05) is 6.54 Å². The Balaban J connectivity index is 1.65. The highest BCUT2D eigenvalue weighted by Crippen LogP contribution is 2.18. The van der Waals surface area contributed by atoms with E-state index in [0.717, 1.165) is 42.3 Å². The zero-order valence-electron chi connectivity index (χ0n) is 15.1. The largest absolute Gasteiger partial charge is 0.348 e. The zero-order valence-corrected chi connectivity index (χ0v) is 15.9. The van der Waals surface area contributed by atoms with E-state index in [9.17, 15) is 18.0 Å². The van der Waals surface area contributed by atoms with Gasteiger partial charge in [0.25, 0.3) is 11.5 Å². The number of pyridine rings is 1. The van der Waals surface area contributed by atoms with Crippen LogP contribution in [0.15, 0.2) is 51.5 Å². The second-order valence-corrected chi connectivity index (χ2v) is 8.32. The highest BCUT2D eigenvalue weighted by atomic mass is 32.2. The third-order valence-corrected chi connectivity index (χ3v) is 6.03. The van der Waals surface area contributed by atoms with Crippen molar-refractivity contribution in [1.29, 1.82) is 5.26 Å². The van der Waals surface area contributed by atoms with Gasteiger partial charge in [0, 0.05) is 17.6 Å². The van der Waals surface area contributed by atoms with Gasteiger partial charge in [-0.05, 0) is 61.6 Å². The molecule has 2 N–H and O–H groups in total. The number of hydrogen-bond donors (Lipinski definition) is 2. The van der Waals surface area contributed by atoms with Crippen LogP contribution in [0.25, 0.3) is 0 Å². The summed E-state index contributed by atoms with van der Waals surface area (Å²) >= 11 is 0. The molecule has 1 aromatic carbocycles. The van der Waals surface area contributed by atoms with Crippen LogP contribution in [0.3, 0.4) is 0 Å². The summed E-state index contributed by atoms with van der Waals surface area (Å²) in [6.45, 7) is -0.0368. The molecule has 1 aromatic heterocycles. The van der Waals surface area contributed by atoms with Gasteiger partial charge in [0.1, 0.15) is 5.56 Å². The van der Waals surface area contributed by atoms with Gasteiger partial charge in [0.2, 0.25) is 0 Å². The average Bonchev–Trinajstić information content (AvgIpc) is 2.70. The number of aromatic amines is 1. The maximum atomic E-state index is 12.3. The first-order valence-electron chi connectivity index (χ1n) is 8.86. The minimum atomic E-state index is -3.68. The van der Waals surface area contributed by atoms with Crippen molar-refractivity contribution in [3.05, 3.63) is 74.6 Å². The highest BCUT2D eigenvalue weighted by molar-refractivity contribution is 7.94. The quantitative estimate of drug-likeness (QED) is 0.798. The van der Waals surface area contributed by atoms with Crippen molar-refractivity contribution in [2.45, 2.75) is 30.6 Å². The predicted octanol–water partition coefficient (Wildman–Crippen LogP) is 1.84. The van der Waals surface area contributed by atoms with Crippen molar-refractivity contribution < 1.29 is 13.2 Å². The predicted molar refractivity (Wildman–Crippen MR) is 104 cm³/mol. The van der Waals surface area contributed by atoms with Crippen LogP contribution in [0.2, 0.25) is 0 Å². The maximum absolute atomic E-state index is 12.3. The summed E-state index contributed by atoms with van der Waals surface area (Å²) in [6, 6.07) is 9.09. The Morgan fingerprint density at radius 2 is 1.93 bits per heavy atom. The normalized spacial score (nSPS) is 13.7. The first kappa shape index (κ1) is 19.6. The van der Waals surface area contributed by atoms with E-state index in [1.165, 1.54) is 30.3 Å². The van der Waals surface area contributed by atoms with E-state index in [0.29, 0.717) is 5.56 Å². The van der Waals surface area contributed by atoms with E-state index in [4.69, 9.17) is 5.26 Å². The van der Waals surface area contributed by atoms with E-state index >= 15 is 0 Å². The molecule has 8 heteroatoms. The number of carbonyl (C=O) groups is 1. The molecule has 28 heavy (non-hydrogen) atoms. The Morgan fingerprint density at radius 3 is 2.64 bits per heavy atom. The number of nitrogens with zero attached hydrogens (tertiary/aromatic N) is 1. The fraction of sp³-hybridized carbons (Fsp3) is 0.250. The van der Waals surface area contributed by atoms with Crippen molar-refractivity contribution in [2.24, 2.45) is 0 Å². The molecule has 0 unspecified atom stereocenters. The zero-order chi connectivity index (χ0) is 20.1. The number of nitriles is 1. The molecule has 1 aliphatic carbocycles. The van der Waals surface area contributed by atoms with Gasteiger partial charge in [0.15, 0.2) is 9.84 Å². The second kappa shape index (κ2) is 8.23. The number of aryl methyl sites for hydroxylation is 2. The van der Waals surface area contributed by atoms with Gasteiger partial charge in [0.05, 0.1) is 16.5 Å². The minimum Gasteiger partial charge on any atom is -0.348 e. The number of hydrogen-bond acceptors (Lipinski definition) is 5. The van der Waals surface area contributed by atoms with E-state index in [1.807, 2.05) is 6.07 Å². The highest BCUT2D eigenvalue weighted by Gasteiger charge is 2.16. The van der Waals surface area contributed by atoms with Crippen molar-refractivity contribution in [3.63, 3.8) is 0 Å². The van der Waals surface area contributed by atoms with Crippen LogP contribution < -0.4 is 10.9 Å². The maximum Gasteiger partial charge on any atom is 0.261 e. The lowest BCUT2D eigenvalue weighted by molar-refractivity contribution is 0.0956. The Labute approximate surface area is 162 Å². The van der Waals surface area contributed by atoms with Crippen LogP contribution >= 0.6 is 0 Å². The molecule has 0 saturated heterocycles. The Bertz CT molecular complexity index is 1120. The fourth-order valence-electron chi connectivity index (χ4n) is 3.06. The van der Waals surface area contributed by atoms with Crippen LogP contribution in [-0.4, -0.2) is 25.9 Å². The minimum absolute atomic E-state index is 0.0315. The third kappa shape index (κ3) is 4.38. The molecule has 0 saturated carbocycles. The SMILES string of the molecule is N#Cc1ccc(S(=O)(=O)/C=C/CNC(=O)c2cc3c([nH]c2=O)CCCC3)cc1. The summed E-state index contributed by atoms with van der Waals surface area (Å²) in [6.07, 6.45) is 4.98. The summed E-state index contributed by atoms with van der Waals surface area (Å²) in [5.74, 6) is -0.546. The molecular weight excluding hydrogens is 378 g/mol. The van der Waals surface area contributed by atoms with E-state index < -0.39 is 21.3 Å². The van der Waals surface area contributed by atoms with E-state index in [1.54, 1.807) is 6.07 Å². The lowest BCUT2D eigenvalue weighted by Crippen LogP contribution is -2.31. The molecule has 2 aromatic rings. The summed E-state index contributed by atoms with van der Waals surface area (Å²) in [5.41, 5.74) is 1.83. The van der Waals surface area contributed by atoms with E-state index in [-0.39, 0.29) is 17.0 Å². The van der Waals surface area contributed by atoms with Crippen LogP contribution in [0.5, 0.6) is 0 Å². The van der Waals surface area contributed by atoms with Gasteiger partial charge in [-0.15, -0.1) is 0 Å². The number of carbonyl (C=O) groups excluding carboxylic acids is 1. The van der Waals surface area contributed by atoms with Crippen molar-refractivity contribution in [1.82, 2.24) is 10.3 Å². The van der Waals surface area contributed by atoms with Crippen LogP contribution in [0.4, 0.5) is 0 Å². The molecule has 0 atom stereocenters. The Morgan fingerprint density at radius 1 is 1.21 bits per heavy atom. The third-order valence-electron chi connectivity index (χ3n) is 4.55. The van der Waals surface area contributed by atoms with Crippen LogP contribution in [0.1, 0.15) is 40.0 Å². The number of sulfone groups is 1. The van der Waals surface area contributed by atoms with Crippen molar-refractivity contribution >= 4 is 15.7 Å². The molecule has 1 amide bonds. The Hall–Kier alpha value is -3.18. The molecule has 1 aliphatic rings. The molecule has 3 rings (SSSR count). The monoisotopic (exact) mass is 397 g/mol. The average molecular weight is 397 g/mol. The Kier molecular flexibility index (Phi) is 5.76. The lowest BCUT2D eigenvalue weighted by Gasteiger charge is -2.15. The fourth-order valence-corrected chi connectivity index (χ4v) is 4.09. The summed E-state index contributed by atoms with van der Waals surface area (Å²) in [7, 11) is -3.68. The van der Waals surface area contributed by atoms with Gasteiger partial charge in [-0.1, -0.05) is 6.08 Å². The standard InChI is InChI=1S/C20H19N3O4S/c21-13-14-6-8-16(9-7-14)28(26,27)11-3-10-22-19(24)17-12-15-4-1-2-5-18(15)23-20(17)25/h3,6-9,11-12H,1-2,4-5,10H2,(H,22,24)(H,23,25)/b11-3+. The van der Waals surface area contributed by atoms with Gasteiger partial charge in [-0.25, -0.2) is 8.42 Å². The number of aromatic nitrogens is 1. The first-order valence-corrected chi connectivity index (χ1v) is 10.4. The smallest absolute Gasteiger partial charge is 0.261 e. The second-order valence-electron chi connectivity index (χ2n) is 6.49. The molecule has 0 spiro atoms. The molecule has 144 valence electrons. The molecular formula is C20H19N3O4S. The topological polar surface area (TPSA) is 120 Å². The van der Waals surface area contributed by atoms with Gasteiger partial charge < -0.3 is 10.3 Å². The van der Waals surface area contributed by atoms with E-state index in [2.05, 4.69) is 10.3 Å². The number of H-pyrrole nitrogens is 1. The van der Waals surface area contributed by atoms with Crippen LogP contribution in [0, 0.1) is 11.3 Å². The first-order chi connectivity index (χ1) is 13.4. The number of nitrogens with one attached hydrogen (secondary N) is 2. The molecule has 1 heterocycles. The number of rotatable bonds is 5. The van der Waals surface area contributed by atoms with Crippen molar-refractivity contribution in [3.8, 4) is 6.07 Å². The summed E-state index contributed by atoms with van der Waals surface area (Å²) in [4.78, 5) is 27.2. The molecule has 7 nitrogen and oxygen atoms in total. The number of fused-ring (bicyclic) bond motifs is 1.